The van der Waals surface area contributed by atoms with Crippen LogP contribution in [0, 0.1) is 0 Å². The molecule has 1 saturated heterocycles. The average Bonchev–Trinajstić information content (AvgIpc) is 3.38. The average molecular weight is 472 g/mol. The van der Waals surface area contributed by atoms with Crippen molar-refractivity contribution in [3.63, 3.8) is 0 Å². The SMILES string of the molecule is C[C@H](Sc1nnc(NC[C@H]2CCCO2)s1)C(=O)Nc1cccc(S(=O)(=O)N(C)C)c1. The molecule has 2 N–H and O–H groups in total. The summed E-state index contributed by atoms with van der Waals surface area (Å²) in [6, 6.07) is 6.20. The minimum Gasteiger partial charge on any atom is -0.376 e. The van der Waals surface area contributed by atoms with Crippen LogP contribution in [0.15, 0.2) is 33.5 Å². The summed E-state index contributed by atoms with van der Waals surface area (Å²) in [6.07, 6.45) is 2.34. The number of carbonyl (C=O) groups excluding carboxylic acids is 1. The van der Waals surface area contributed by atoms with E-state index in [1.165, 1.54) is 49.3 Å². The van der Waals surface area contributed by atoms with E-state index in [9.17, 15) is 13.2 Å². The molecule has 12 heteroatoms. The number of aromatic nitrogens is 2. The Kier molecular flexibility index (Phi) is 7.69. The van der Waals surface area contributed by atoms with Gasteiger partial charge >= 0.3 is 0 Å². The maximum absolute atomic E-state index is 12.6. The first-order valence-electron chi connectivity index (χ1n) is 9.45. The number of hydrogen-bond donors (Lipinski definition) is 2. The standard InChI is InChI=1S/C18H25N5O4S3/c1-12(28-18-22-21-17(29-18)19-11-14-7-5-9-27-14)16(24)20-13-6-4-8-15(10-13)30(25,26)23(2)3/h4,6,8,10,12,14H,5,7,9,11H2,1-3H3,(H,19,21)(H,20,24)/t12-,14+/m0/s1. The lowest BCUT2D eigenvalue weighted by atomic mass is 10.2. The van der Waals surface area contributed by atoms with Crippen molar-refractivity contribution in [3.05, 3.63) is 24.3 Å². The van der Waals surface area contributed by atoms with E-state index in [1.54, 1.807) is 19.1 Å². The number of hydrogen-bond acceptors (Lipinski definition) is 9. The van der Waals surface area contributed by atoms with Crippen LogP contribution in [-0.4, -0.2) is 67.4 Å². The monoisotopic (exact) mass is 471 g/mol. The number of carbonyl (C=O) groups is 1. The van der Waals surface area contributed by atoms with Gasteiger partial charge in [-0.15, -0.1) is 10.2 Å². The summed E-state index contributed by atoms with van der Waals surface area (Å²) in [4.78, 5) is 12.7. The summed E-state index contributed by atoms with van der Waals surface area (Å²) >= 11 is 2.69. The third-order valence-electron chi connectivity index (χ3n) is 4.44. The third-order valence-corrected chi connectivity index (χ3v) is 8.31. The van der Waals surface area contributed by atoms with Crippen molar-refractivity contribution < 1.29 is 17.9 Å². The molecule has 164 valence electrons. The van der Waals surface area contributed by atoms with E-state index in [1.807, 2.05) is 0 Å². The molecule has 0 saturated carbocycles. The molecule has 2 aromatic rings. The smallest absolute Gasteiger partial charge is 0.242 e. The van der Waals surface area contributed by atoms with Crippen molar-refractivity contribution in [1.82, 2.24) is 14.5 Å². The highest BCUT2D eigenvalue weighted by Crippen LogP contribution is 2.30. The third kappa shape index (κ3) is 5.91. The Morgan fingerprint density at radius 2 is 2.20 bits per heavy atom. The zero-order valence-corrected chi connectivity index (χ0v) is 19.4. The number of amides is 1. The molecule has 0 bridgehead atoms. The fourth-order valence-electron chi connectivity index (χ4n) is 2.73. The molecule has 0 radical (unpaired) electrons. The highest BCUT2D eigenvalue weighted by Gasteiger charge is 2.21. The second-order valence-corrected chi connectivity index (χ2v) is 11.7. The van der Waals surface area contributed by atoms with Gasteiger partial charge in [0.05, 0.1) is 16.2 Å². The van der Waals surface area contributed by atoms with Crippen LogP contribution in [0.25, 0.3) is 0 Å². The number of thioether (sulfide) groups is 1. The number of sulfonamides is 1. The van der Waals surface area contributed by atoms with Crippen LogP contribution in [0.4, 0.5) is 10.8 Å². The number of rotatable bonds is 9. The highest BCUT2D eigenvalue weighted by atomic mass is 32.2. The molecule has 1 aliphatic rings. The quantitative estimate of drug-likeness (QED) is 0.536. The summed E-state index contributed by atoms with van der Waals surface area (Å²) in [5, 5.41) is 14.5. The molecule has 0 aliphatic carbocycles. The Labute approximate surface area is 184 Å². The summed E-state index contributed by atoms with van der Waals surface area (Å²) in [5.74, 6) is -0.247. The number of nitrogens with one attached hydrogen (secondary N) is 2. The van der Waals surface area contributed by atoms with Crippen LogP contribution in [0.2, 0.25) is 0 Å². The van der Waals surface area contributed by atoms with Gasteiger partial charge in [-0.05, 0) is 38.0 Å². The van der Waals surface area contributed by atoms with E-state index in [2.05, 4.69) is 20.8 Å². The fraction of sp³-hybridized carbons (Fsp3) is 0.500. The highest BCUT2D eigenvalue weighted by molar-refractivity contribution is 8.02. The minimum atomic E-state index is -3.57. The molecular formula is C18H25N5O4S3. The normalized spacial score (nSPS) is 17.8. The molecule has 2 heterocycles. The Hall–Kier alpha value is -1.73. The minimum absolute atomic E-state index is 0.122. The zero-order chi connectivity index (χ0) is 21.7. The molecule has 3 rings (SSSR count). The van der Waals surface area contributed by atoms with Crippen LogP contribution in [0.1, 0.15) is 19.8 Å². The predicted octanol–water partition coefficient (Wildman–Crippen LogP) is 2.50. The van der Waals surface area contributed by atoms with E-state index in [4.69, 9.17) is 4.74 Å². The van der Waals surface area contributed by atoms with Gasteiger partial charge in [0.1, 0.15) is 0 Å². The van der Waals surface area contributed by atoms with Gasteiger partial charge in [-0.25, -0.2) is 12.7 Å². The number of nitrogens with zero attached hydrogens (tertiary/aromatic N) is 3. The van der Waals surface area contributed by atoms with Crippen LogP contribution in [-0.2, 0) is 19.6 Å². The first-order chi connectivity index (χ1) is 14.3. The summed E-state index contributed by atoms with van der Waals surface area (Å²) in [6.45, 7) is 3.27. The van der Waals surface area contributed by atoms with Crippen molar-refractivity contribution in [2.45, 2.75) is 40.4 Å². The second-order valence-electron chi connectivity index (χ2n) is 6.95. The molecule has 1 aromatic carbocycles. The summed E-state index contributed by atoms with van der Waals surface area (Å²) < 4.78 is 31.9. The van der Waals surface area contributed by atoms with Gasteiger partial charge in [0.2, 0.25) is 21.1 Å². The van der Waals surface area contributed by atoms with Crippen molar-refractivity contribution in [2.75, 3.05) is 37.9 Å². The lowest BCUT2D eigenvalue weighted by Gasteiger charge is -2.14. The first kappa shape index (κ1) is 22.9. The van der Waals surface area contributed by atoms with E-state index >= 15 is 0 Å². The van der Waals surface area contributed by atoms with Crippen molar-refractivity contribution >= 4 is 49.8 Å². The van der Waals surface area contributed by atoms with E-state index in [0.717, 1.165) is 23.8 Å². The Morgan fingerprint density at radius 1 is 1.40 bits per heavy atom. The summed E-state index contributed by atoms with van der Waals surface area (Å²) in [7, 11) is -0.642. The second kappa shape index (κ2) is 10.1. The maximum Gasteiger partial charge on any atom is 0.242 e. The number of ether oxygens (including phenoxy) is 1. The number of benzene rings is 1. The molecular weight excluding hydrogens is 446 g/mol. The maximum atomic E-state index is 12.6. The molecule has 1 amide bonds. The van der Waals surface area contributed by atoms with Gasteiger partial charge in [0, 0.05) is 32.9 Å². The Morgan fingerprint density at radius 3 is 2.90 bits per heavy atom. The van der Waals surface area contributed by atoms with Gasteiger partial charge in [-0.1, -0.05) is 29.2 Å². The molecule has 0 spiro atoms. The van der Waals surface area contributed by atoms with E-state index in [-0.39, 0.29) is 16.9 Å². The molecule has 1 fully saturated rings. The van der Waals surface area contributed by atoms with Crippen molar-refractivity contribution in [2.24, 2.45) is 0 Å². The van der Waals surface area contributed by atoms with Gasteiger partial charge in [-0.2, -0.15) is 0 Å². The van der Waals surface area contributed by atoms with E-state index < -0.39 is 15.3 Å². The fourth-order valence-corrected chi connectivity index (χ4v) is 5.58. The van der Waals surface area contributed by atoms with Crippen LogP contribution >= 0.6 is 23.1 Å². The van der Waals surface area contributed by atoms with Gasteiger partial charge in [0.15, 0.2) is 4.34 Å². The predicted molar refractivity (Wildman–Crippen MR) is 119 cm³/mol. The molecule has 1 aromatic heterocycles. The van der Waals surface area contributed by atoms with Gasteiger partial charge < -0.3 is 15.4 Å². The lowest BCUT2D eigenvalue weighted by molar-refractivity contribution is -0.115. The van der Waals surface area contributed by atoms with Crippen LogP contribution in [0.5, 0.6) is 0 Å². The molecule has 0 unspecified atom stereocenters. The van der Waals surface area contributed by atoms with Crippen LogP contribution < -0.4 is 10.6 Å². The molecule has 1 aliphatic heterocycles. The Bertz CT molecular complexity index is 974. The first-order valence-corrected chi connectivity index (χ1v) is 12.6. The Balaban J connectivity index is 1.55. The van der Waals surface area contributed by atoms with Gasteiger partial charge in [0.25, 0.3) is 0 Å². The van der Waals surface area contributed by atoms with Gasteiger partial charge in [-0.3, -0.25) is 4.79 Å². The zero-order valence-electron chi connectivity index (χ0n) is 17.0. The van der Waals surface area contributed by atoms with Crippen molar-refractivity contribution in [1.29, 1.82) is 0 Å². The summed E-state index contributed by atoms with van der Waals surface area (Å²) in [5.41, 5.74) is 0.423. The van der Waals surface area contributed by atoms with E-state index in [0.29, 0.717) is 21.7 Å². The molecule has 2 atom stereocenters. The molecule has 9 nitrogen and oxygen atoms in total. The van der Waals surface area contributed by atoms with Crippen molar-refractivity contribution in [3.8, 4) is 0 Å². The van der Waals surface area contributed by atoms with Crippen LogP contribution in [0.3, 0.4) is 0 Å². The molecule has 30 heavy (non-hydrogen) atoms. The number of anilines is 2. The topological polar surface area (TPSA) is 114 Å². The lowest BCUT2D eigenvalue weighted by Crippen LogP contribution is -2.24. The largest absolute Gasteiger partial charge is 0.376 e.